The molecule has 3 aromatic rings. The molecule has 0 saturated heterocycles. The molecule has 0 aliphatic carbocycles. The summed E-state index contributed by atoms with van der Waals surface area (Å²) in [6, 6.07) is 4.83. The molecular formula is C14H15FN6. The van der Waals surface area contributed by atoms with Gasteiger partial charge in [0.1, 0.15) is 17.5 Å². The van der Waals surface area contributed by atoms with Crippen LogP contribution in [0.5, 0.6) is 0 Å². The molecule has 7 heteroatoms. The van der Waals surface area contributed by atoms with Crippen molar-refractivity contribution in [1.29, 1.82) is 0 Å². The van der Waals surface area contributed by atoms with Gasteiger partial charge in [-0.2, -0.15) is 10.2 Å². The van der Waals surface area contributed by atoms with Crippen molar-refractivity contribution < 1.29 is 4.39 Å². The summed E-state index contributed by atoms with van der Waals surface area (Å²) in [6.07, 6.45) is 0.726. The van der Waals surface area contributed by atoms with Crippen LogP contribution in [0.15, 0.2) is 18.2 Å². The molecule has 0 saturated carbocycles. The first-order valence-electron chi connectivity index (χ1n) is 6.67. The van der Waals surface area contributed by atoms with E-state index in [9.17, 15) is 4.39 Å². The Morgan fingerprint density at radius 2 is 2.05 bits per heavy atom. The summed E-state index contributed by atoms with van der Waals surface area (Å²) >= 11 is 0. The van der Waals surface area contributed by atoms with E-state index in [0.29, 0.717) is 22.8 Å². The van der Waals surface area contributed by atoms with E-state index in [2.05, 4.69) is 25.3 Å². The molecular weight excluding hydrogens is 271 g/mol. The Bertz CT molecular complexity index is 769. The molecule has 0 amide bonds. The van der Waals surface area contributed by atoms with Crippen LogP contribution in [0.1, 0.15) is 18.6 Å². The van der Waals surface area contributed by atoms with Crippen molar-refractivity contribution in [3.8, 4) is 22.8 Å². The van der Waals surface area contributed by atoms with Crippen molar-refractivity contribution in [3.63, 3.8) is 0 Å². The monoisotopic (exact) mass is 286 g/mol. The van der Waals surface area contributed by atoms with Gasteiger partial charge in [-0.05, 0) is 19.1 Å². The number of rotatable bonds is 3. The lowest BCUT2D eigenvalue weighted by Gasteiger charge is -2.00. The highest BCUT2D eigenvalue weighted by Crippen LogP contribution is 2.24. The van der Waals surface area contributed by atoms with Gasteiger partial charge in [0.05, 0.1) is 5.56 Å². The van der Waals surface area contributed by atoms with E-state index in [1.54, 1.807) is 23.9 Å². The van der Waals surface area contributed by atoms with Gasteiger partial charge in [0.15, 0.2) is 11.6 Å². The van der Waals surface area contributed by atoms with Crippen molar-refractivity contribution in [2.24, 2.45) is 7.05 Å². The van der Waals surface area contributed by atoms with Crippen molar-refractivity contribution in [2.75, 3.05) is 0 Å². The molecule has 3 rings (SSSR count). The number of halogens is 1. The summed E-state index contributed by atoms with van der Waals surface area (Å²) in [5.41, 5.74) is 0.994. The molecule has 0 aliphatic heterocycles. The van der Waals surface area contributed by atoms with Gasteiger partial charge >= 0.3 is 0 Å². The van der Waals surface area contributed by atoms with E-state index in [-0.39, 0.29) is 5.82 Å². The zero-order valence-corrected chi connectivity index (χ0v) is 12.1. The molecule has 2 heterocycles. The average molecular weight is 286 g/mol. The zero-order valence-electron chi connectivity index (χ0n) is 12.1. The van der Waals surface area contributed by atoms with Gasteiger partial charge < -0.3 is 0 Å². The third kappa shape index (κ3) is 2.42. The van der Waals surface area contributed by atoms with Crippen LogP contribution < -0.4 is 0 Å². The van der Waals surface area contributed by atoms with Crippen LogP contribution in [0.25, 0.3) is 22.8 Å². The summed E-state index contributed by atoms with van der Waals surface area (Å²) in [5.74, 6) is 1.98. The van der Waals surface area contributed by atoms with Crippen LogP contribution >= 0.6 is 0 Å². The first kappa shape index (κ1) is 13.4. The van der Waals surface area contributed by atoms with Gasteiger partial charge in [-0.15, -0.1) is 0 Å². The lowest BCUT2D eigenvalue weighted by Crippen LogP contribution is -1.93. The highest BCUT2D eigenvalue weighted by atomic mass is 19.1. The normalized spacial score (nSPS) is 11.0. The molecule has 0 fully saturated rings. The number of nitrogens with one attached hydrogen (secondary N) is 1. The number of aromatic nitrogens is 6. The summed E-state index contributed by atoms with van der Waals surface area (Å²) in [4.78, 5) is 8.53. The lowest BCUT2D eigenvalue weighted by atomic mass is 10.1. The molecule has 0 bridgehead atoms. The first-order valence-corrected chi connectivity index (χ1v) is 6.67. The molecule has 0 atom stereocenters. The van der Waals surface area contributed by atoms with Gasteiger partial charge in [0.2, 0.25) is 0 Å². The van der Waals surface area contributed by atoms with Crippen LogP contribution in [0, 0.1) is 12.7 Å². The topological polar surface area (TPSA) is 72.3 Å². The number of nitrogens with zero attached hydrogens (tertiary/aromatic N) is 5. The van der Waals surface area contributed by atoms with E-state index >= 15 is 0 Å². The van der Waals surface area contributed by atoms with Crippen molar-refractivity contribution in [2.45, 2.75) is 20.3 Å². The second kappa shape index (κ2) is 5.08. The third-order valence-corrected chi connectivity index (χ3v) is 3.32. The Kier molecular flexibility index (Phi) is 3.25. The highest BCUT2D eigenvalue weighted by Gasteiger charge is 2.13. The largest absolute Gasteiger partial charge is 0.263 e. The summed E-state index contributed by atoms with van der Waals surface area (Å²) < 4.78 is 15.9. The summed E-state index contributed by atoms with van der Waals surface area (Å²) in [5, 5.41) is 11.1. The molecule has 6 nitrogen and oxygen atoms in total. The molecule has 1 aromatic carbocycles. The van der Waals surface area contributed by atoms with Crippen LogP contribution in [-0.2, 0) is 13.5 Å². The van der Waals surface area contributed by atoms with E-state index in [1.807, 2.05) is 13.8 Å². The quantitative estimate of drug-likeness (QED) is 0.801. The van der Waals surface area contributed by atoms with Crippen LogP contribution in [0.4, 0.5) is 4.39 Å². The van der Waals surface area contributed by atoms with E-state index in [4.69, 9.17) is 0 Å². The molecule has 0 spiro atoms. The number of aryl methyl sites for hydroxylation is 3. The second-order valence-electron chi connectivity index (χ2n) is 4.76. The lowest BCUT2D eigenvalue weighted by molar-refractivity contribution is 0.630. The molecule has 0 aliphatic rings. The Labute approximate surface area is 121 Å². The van der Waals surface area contributed by atoms with Gasteiger partial charge in [-0.1, -0.05) is 13.0 Å². The number of benzene rings is 1. The van der Waals surface area contributed by atoms with Crippen molar-refractivity contribution >= 4 is 0 Å². The summed E-state index contributed by atoms with van der Waals surface area (Å²) in [6.45, 7) is 3.81. The molecule has 0 unspecified atom stereocenters. The smallest absolute Gasteiger partial charge is 0.184 e. The fraction of sp³-hybridized carbons (Fsp3) is 0.286. The minimum Gasteiger partial charge on any atom is -0.263 e. The molecule has 108 valence electrons. The fourth-order valence-electron chi connectivity index (χ4n) is 1.99. The van der Waals surface area contributed by atoms with E-state index < -0.39 is 0 Å². The van der Waals surface area contributed by atoms with Gasteiger partial charge in [0, 0.05) is 19.0 Å². The maximum absolute atomic E-state index is 14.3. The molecule has 1 N–H and O–H groups in total. The third-order valence-electron chi connectivity index (χ3n) is 3.32. The molecule has 0 radical (unpaired) electrons. The van der Waals surface area contributed by atoms with Gasteiger partial charge in [-0.25, -0.2) is 14.4 Å². The van der Waals surface area contributed by atoms with E-state index in [0.717, 1.165) is 18.1 Å². The number of H-pyrrole nitrogens is 1. The fourth-order valence-corrected chi connectivity index (χ4v) is 1.99. The predicted molar refractivity (Wildman–Crippen MR) is 75.9 cm³/mol. The van der Waals surface area contributed by atoms with Crippen molar-refractivity contribution in [3.05, 3.63) is 35.7 Å². The SMILES string of the molecule is CCc1nc(-c2ccc(-c3nc(C)n(C)n3)cc2F)n[nH]1. The van der Waals surface area contributed by atoms with E-state index in [1.165, 1.54) is 6.07 Å². The Hall–Kier alpha value is -2.57. The minimum absolute atomic E-state index is 0.362. The molecule has 2 aromatic heterocycles. The van der Waals surface area contributed by atoms with Crippen LogP contribution in [-0.4, -0.2) is 29.9 Å². The van der Waals surface area contributed by atoms with Crippen LogP contribution in [0.3, 0.4) is 0 Å². The highest BCUT2D eigenvalue weighted by molar-refractivity contribution is 5.63. The number of aromatic amines is 1. The standard InChI is InChI=1S/C14H15FN6/c1-4-12-17-14(19-18-12)10-6-5-9(7-11(10)15)13-16-8(2)21(3)20-13/h5-7H,4H2,1-3H3,(H,17,18,19). The van der Waals surface area contributed by atoms with Crippen LogP contribution in [0.2, 0.25) is 0 Å². The predicted octanol–water partition coefficient (Wildman–Crippen LogP) is 2.28. The molecule has 21 heavy (non-hydrogen) atoms. The van der Waals surface area contributed by atoms with Gasteiger partial charge in [-0.3, -0.25) is 9.78 Å². The zero-order chi connectivity index (χ0) is 15.0. The summed E-state index contributed by atoms with van der Waals surface area (Å²) in [7, 11) is 1.80. The maximum Gasteiger partial charge on any atom is 0.184 e. The number of hydrogen-bond donors (Lipinski definition) is 1. The first-order chi connectivity index (χ1) is 10.1. The Morgan fingerprint density at radius 1 is 1.24 bits per heavy atom. The Balaban J connectivity index is 1.99. The second-order valence-corrected chi connectivity index (χ2v) is 4.76. The average Bonchev–Trinajstić information content (AvgIpc) is 3.06. The maximum atomic E-state index is 14.3. The van der Waals surface area contributed by atoms with Crippen molar-refractivity contribution in [1.82, 2.24) is 29.9 Å². The van der Waals surface area contributed by atoms with Gasteiger partial charge in [0.25, 0.3) is 0 Å². The minimum atomic E-state index is -0.390. The number of hydrogen-bond acceptors (Lipinski definition) is 4. The Morgan fingerprint density at radius 3 is 2.62 bits per heavy atom.